The van der Waals surface area contributed by atoms with Gasteiger partial charge in [0.1, 0.15) is 5.82 Å². The van der Waals surface area contributed by atoms with E-state index in [1.54, 1.807) is 6.20 Å². The fourth-order valence-corrected chi connectivity index (χ4v) is 3.61. The summed E-state index contributed by atoms with van der Waals surface area (Å²) in [5, 5.41) is 7.45. The number of aromatic amines is 1. The minimum absolute atomic E-state index is 0.0958. The number of nitrogens with one attached hydrogen (secondary N) is 3. The van der Waals surface area contributed by atoms with Gasteiger partial charge in [-0.2, -0.15) is 0 Å². The summed E-state index contributed by atoms with van der Waals surface area (Å²) in [6.07, 6.45) is 1.79. The summed E-state index contributed by atoms with van der Waals surface area (Å²) in [7, 11) is 0. The Labute approximate surface area is 169 Å². The molecule has 1 atom stereocenters. The number of hydrogen-bond acceptors (Lipinski definition) is 4. The lowest BCUT2D eigenvalue weighted by Crippen LogP contribution is -2.15. The van der Waals surface area contributed by atoms with Crippen LogP contribution in [0.5, 0.6) is 0 Å². The summed E-state index contributed by atoms with van der Waals surface area (Å²) >= 11 is 0. The van der Waals surface area contributed by atoms with Crippen LogP contribution in [0.4, 0.5) is 11.5 Å². The van der Waals surface area contributed by atoms with Gasteiger partial charge in [0, 0.05) is 46.7 Å². The Morgan fingerprint density at radius 1 is 1.07 bits per heavy atom. The number of aryl methyl sites for hydroxylation is 2. The van der Waals surface area contributed by atoms with Crippen LogP contribution in [0, 0.1) is 13.8 Å². The van der Waals surface area contributed by atoms with Crippen LogP contribution >= 0.6 is 0 Å². The lowest BCUT2D eigenvalue weighted by Gasteiger charge is -2.20. The lowest BCUT2D eigenvalue weighted by molar-refractivity contribution is -0.114. The van der Waals surface area contributed by atoms with Crippen molar-refractivity contribution in [3.8, 4) is 0 Å². The molecule has 0 saturated heterocycles. The van der Waals surface area contributed by atoms with E-state index >= 15 is 0 Å². The first-order valence-electron chi connectivity index (χ1n) is 9.52. The van der Waals surface area contributed by atoms with Gasteiger partial charge in [-0.25, -0.2) is 4.98 Å². The maximum absolute atomic E-state index is 11.5. The first-order valence-corrected chi connectivity index (χ1v) is 9.52. The number of benzene rings is 1. The van der Waals surface area contributed by atoms with Crippen molar-refractivity contribution in [2.24, 2.45) is 0 Å². The molecule has 3 heterocycles. The van der Waals surface area contributed by atoms with E-state index in [-0.39, 0.29) is 11.9 Å². The van der Waals surface area contributed by atoms with Crippen molar-refractivity contribution < 1.29 is 4.79 Å². The second-order valence-corrected chi connectivity index (χ2v) is 7.10. The van der Waals surface area contributed by atoms with Crippen molar-refractivity contribution in [2.75, 3.05) is 10.6 Å². The number of amides is 1. The van der Waals surface area contributed by atoms with Crippen LogP contribution in [0.25, 0.3) is 10.9 Å². The molecule has 0 saturated carbocycles. The van der Waals surface area contributed by atoms with E-state index in [2.05, 4.69) is 32.5 Å². The van der Waals surface area contributed by atoms with Gasteiger partial charge in [-0.05, 0) is 56.3 Å². The molecule has 3 aromatic heterocycles. The number of hydrogen-bond donors (Lipinski definition) is 3. The van der Waals surface area contributed by atoms with Crippen molar-refractivity contribution in [3.63, 3.8) is 0 Å². The molecule has 1 amide bonds. The second kappa shape index (κ2) is 7.75. The van der Waals surface area contributed by atoms with Gasteiger partial charge < -0.3 is 15.6 Å². The van der Waals surface area contributed by atoms with E-state index in [9.17, 15) is 4.79 Å². The second-order valence-electron chi connectivity index (χ2n) is 7.10. The molecule has 4 rings (SSSR count). The van der Waals surface area contributed by atoms with Crippen molar-refractivity contribution in [1.82, 2.24) is 15.0 Å². The molecule has 0 bridgehead atoms. The maximum Gasteiger partial charge on any atom is 0.221 e. The van der Waals surface area contributed by atoms with Gasteiger partial charge in [-0.1, -0.05) is 12.1 Å². The van der Waals surface area contributed by atoms with Gasteiger partial charge in [0.15, 0.2) is 0 Å². The summed E-state index contributed by atoms with van der Waals surface area (Å²) in [6.45, 7) is 5.53. The minimum atomic E-state index is -0.202. The molecule has 0 aliphatic rings. The molecule has 6 heteroatoms. The fraction of sp³-hybridized carbons (Fsp3) is 0.174. The molecule has 0 fully saturated rings. The topological polar surface area (TPSA) is 82.7 Å². The Bertz CT molecular complexity index is 1170. The third-order valence-corrected chi connectivity index (χ3v) is 4.81. The molecule has 3 N–H and O–H groups in total. The molecule has 0 aliphatic heterocycles. The van der Waals surface area contributed by atoms with Crippen LogP contribution in [0.1, 0.15) is 35.6 Å². The summed E-state index contributed by atoms with van der Waals surface area (Å²) in [5.74, 6) is 0.689. The lowest BCUT2D eigenvalue weighted by atomic mass is 9.99. The number of anilines is 2. The Balaban J connectivity index is 1.86. The molecular weight excluding hydrogens is 362 g/mol. The molecule has 29 heavy (non-hydrogen) atoms. The Morgan fingerprint density at radius 2 is 1.93 bits per heavy atom. The number of carbonyl (C=O) groups is 1. The van der Waals surface area contributed by atoms with Gasteiger partial charge in [-0.3, -0.25) is 9.78 Å². The van der Waals surface area contributed by atoms with Crippen LogP contribution in [0.3, 0.4) is 0 Å². The average Bonchev–Trinajstić information content (AvgIpc) is 3.01. The molecule has 1 unspecified atom stereocenters. The van der Waals surface area contributed by atoms with Gasteiger partial charge in [0.2, 0.25) is 5.91 Å². The van der Waals surface area contributed by atoms with Crippen molar-refractivity contribution in [2.45, 2.75) is 26.8 Å². The zero-order chi connectivity index (χ0) is 20.4. The Morgan fingerprint density at radius 3 is 2.66 bits per heavy atom. The van der Waals surface area contributed by atoms with Crippen LogP contribution in [-0.2, 0) is 4.79 Å². The molecule has 4 aromatic rings. The Kier molecular flexibility index (Phi) is 4.99. The SMILES string of the molecule is CC(=O)Nc1ccc2[nH]c(C)c(C(Nc3cccc(C)n3)c3ccccn3)c2c1. The number of fused-ring (bicyclic) bond motifs is 1. The third-order valence-electron chi connectivity index (χ3n) is 4.81. The van der Waals surface area contributed by atoms with E-state index in [0.717, 1.165) is 45.1 Å². The Hall–Kier alpha value is -3.67. The van der Waals surface area contributed by atoms with Crippen molar-refractivity contribution in [3.05, 3.63) is 83.4 Å². The number of nitrogens with zero attached hydrogens (tertiary/aromatic N) is 2. The maximum atomic E-state index is 11.5. The zero-order valence-corrected chi connectivity index (χ0v) is 16.7. The highest BCUT2D eigenvalue weighted by Gasteiger charge is 2.22. The van der Waals surface area contributed by atoms with Crippen LogP contribution in [0.15, 0.2) is 60.8 Å². The van der Waals surface area contributed by atoms with Crippen LogP contribution < -0.4 is 10.6 Å². The summed E-state index contributed by atoms with van der Waals surface area (Å²) < 4.78 is 0. The van der Waals surface area contributed by atoms with E-state index < -0.39 is 0 Å². The van der Waals surface area contributed by atoms with Gasteiger partial charge >= 0.3 is 0 Å². The first kappa shape index (κ1) is 18.7. The van der Waals surface area contributed by atoms with Crippen LogP contribution in [-0.4, -0.2) is 20.9 Å². The minimum Gasteiger partial charge on any atom is -0.358 e. The number of H-pyrrole nitrogens is 1. The molecule has 146 valence electrons. The van der Waals surface area contributed by atoms with Gasteiger partial charge in [0.05, 0.1) is 11.7 Å². The van der Waals surface area contributed by atoms with Crippen molar-refractivity contribution in [1.29, 1.82) is 0 Å². The molecule has 0 aliphatic carbocycles. The normalized spacial score (nSPS) is 12.0. The van der Waals surface area contributed by atoms with E-state index in [1.165, 1.54) is 6.92 Å². The third kappa shape index (κ3) is 3.96. The molecule has 0 spiro atoms. The predicted octanol–water partition coefficient (Wildman–Crippen LogP) is 4.73. The highest BCUT2D eigenvalue weighted by Crippen LogP contribution is 2.34. The number of pyridine rings is 2. The summed E-state index contributed by atoms with van der Waals surface area (Å²) in [4.78, 5) is 24.2. The highest BCUT2D eigenvalue weighted by atomic mass is 16.1. The van der Waals surface area contributed by atoms with Crippen LogP contribution in [0.2, 0.25) is 0 Å². The largest absolute Gasteiger partial charge is 0.358 e. The highest BCUT2D eigenvalue weighted by molar-refractivity contribution is 5.94. The first-order chi connectivity index (χ1) is 14.0. The number of aromatic nitrogens is 3. The zero-order valence-electron chi connectivity index (χ0n) is 16.7. The van der Waals surface area contributed by atoms with E-state index in [1.807, 2.05) is 61.5 Å². The molecule has 0 radical (unpaired) electrons. The quantitative estimate of drug-likeness (QED) is 0.464. The van der Waals surface area contributed by atoms with E-state index in [0.29, 0.717) is 0 Å². The average molecular weight is 385 g/mol. The van der Waals surface area contributed by atoms with Gasteiger partial charge in [0.25, 0.3) is 0 Å². The fourth-order valence-electron chi connectivity index (χ4n) is 3.61. The number of carbonyl (C=O) groups excluding carboxylic acids is 1. The number of rotatable bonds is 5. The monoisotopic (exact) mass is 385 g/mol. The van der Waals surface area contributed by atoms with Gasteiger partial charge in [-0.15, -0.1) is 0 Å². The molecule has 1 aromatic carbocycles. The predicted molar refractivity (Wildman–Crippen MR) is 116 cm³/mol. The smallest absolute Gasteiger partial charge is 0.221 e. The standard InChI is InChI=1S/C23H23N5O/c1-14-7-6-9-21(25-14)28-23(20-8-4-5-12-24-20)22-15(2)26-19-11-10-17(13-18(19)22)27-16(3)29/h4-13,23,26H,1-3H3,(H,25,28)(H,27,29). The molecule has 6 nitrogen and oxygen atoms in total. The molecular formula is C23H23N5O. The summed E-state index contributed by atoms with van der Waals surface area (Å²) in [5.41, 5.74) is 5.72. The van der Waals surface area contributed by atoms with Crippen molar-refractivity contribution >= 4 is 28.3 Å². The summed E-state index contributed by atoms with van der Waals surface area (Å²) in [6, 6.07) is 17.5. The van der Waals surface area contributed by atoms with E-state index in [4.69, 9.17) is 0 Å².